The van der Waals surface area contributed by atoms with Gasteiger partial charge in [-0.25, -0.2) is 0 Å². The summed E-state index contributed by atoms with van der Waals surface area (Å²) in [4.78, 5) is 42.3. The number of rotatable bonds is 3. The third-order valence-electron chi connectivity index (χ3n) is 6.22. The zero-order valence-electron chi connectivity index (χ0n) is 16.5. The van der Waals surface area contributed by atoms with Gasteiger partial charge in [-0.1, -0.05) is 24.3 Å². The molecule has 6 nitrogen and oxygen atoms in total. The Morgan fingerprint density at radius 3 is 2.32 bits per heavy atom. The van der Waals surface area contributed by atoms with Gasteiger partial charge in [0.2, 0.25) is 5.91 Å². The van der Waals surface area contributed by atoms with Gasteiger partial charge in [-0.3, -0.25) is 14.4 Å². The van der Waals surface area contributed by atoms with E-state index in [1.807, 2.05) is 30.9 Å². The highest BCUT2D eigenvalue weighted by atomic mass is 16.2. The van der Waals surface area contributed by atoms with Crippen LogP contribution >= 0.6 is 0 Å². The highest BCUT2D eigenvalue weighted by Crippen LogP contribution is 2.28. The van der Waals surface area contributed by atoms with Crippen molar-refractivity contribution in [2.24, 2.45) is 0 Å². The Labute approximate surface area is 164 Å². The van der Waals surface area contributed by atoms with Crippen molar-refractivity contribution < 1.29 is 9.59 Å². The first kappa shape index (κ1) is 18.5. The van der Waals surface area contributed by atoms with E-state index in [0.717, 1.165) is 24.1 Å². The summed E-state index contributed by atoms with van der Waals surface area (Å²) in [5.74, 6) is -0.343. The van der Waals surface area contributed by atoms with Gasteiger partial charge in [0, 0.05) is 24.7 Å². The molecule has 1 aliphatic carbocycles. The zero-order valence-corrected chi connectivity index (χ0v) is 16.5. The molecular weight excluding hydrogens is 354 g/mol. The van der Waals surface area contributed by atoms with E-state index in [9.17, 15) is 14.4 Å². The molecule has 1 aromatic carbocycles. The van der Waals surface area contributed by atoms with Gasteiger partial charge in [0.05, 0.1) is 6.04 Å². The highest BCUT2D eigenvalue weighted by Gasteiger charge is 2.37. The van der Waals surface area contributed by atoms with E-state index in [-0.39, 0.29) is 35.5 Å². The molecule has 4 rings (SSSR count). The Balaban J connectivity index is 1.47. The van der Waals surface area contributed by atoms with E-state index in [1.54, 1.807) is 6.92 Å². The van der Waals surface area contributed by atoms with E-state index >= 15 is 0 Å². The normalized spacial score (nSPS) is 19.2. The maximum Gasteiger partial charge on any atom is 0.261 e. The van der Waals surface area contributed by atoms with Crippen LogP contribution in [-0.2, 0) is 17.6 Å². The van der Waals surface area contributed by atoms with E-state index in [2.05, 4.69) is 22.4 Å². The fourth-order valence-electron chi connectivity index (χ4n) is 4.43. The van der Waals surface area contributed by atoms with Crippen molar-refractivity contribution >= 4 is 11.8 Å². The molecule has 2 aliphatic rings. The maximum atomic E-state index is 12.8. The minimum Gasteiger partial charge on any atom is -0.347 e. The molecule has 1 fully saturated rings. The summed E-state index contributed by atoms with van der Waals surface area (Å²) in [5, 5.41) is 2.91. The number of nitrogens with zero attached hydrogens (tertiary/aromatic N) is 1. The molecule has 1 aromatic heterocycles. The SMILES string of the molecule is Cc1[nH]c(=O)c(C(=O)N[C@@H]2CC(=O)N(C3Cc4ccccc4C3)C2)c(C)c1C. The number of aryl methyl sites for hydroxylation is 1. The Hall–Kier alpha value is -2.89. The third kappa shape index (κ3) is 3.13. The second kappa shape index (κ2) is 6.93. The van der Waals surface area contributed by atoms with Crippen LogP contribution in [0.1, 0.15) is 44.7 Å². The molecule has 28 heavy (non-hydrogen) atoms. The number of aromatic nitrogens is 1. The second-order valence-corrected chi connectivity index (χ2v) is 7.96. The molecular formula is C22H25N3O3. The molecule has 2 heterocycles. The molecule has 6 heteroatoms. The molecule has 0 unspecified atom stereocenters. The molecule has 2 amide bonds. The highest BCUT2D eigenvalue weighted by molar-refractivity contribution is 5.96. The average Bonchev–Trinajstić information content (AvgIpc) is 3.22. The van der Waals surface area contributed by atoms with Crippen molar-refractivity contribution in [1.29, 1.82) is 0 Å². The lowest BCUT2D eigenvalue weighted by atomic mass is 10.0. The number of aromatic amines is 1. The molecule has 2 N–H and O–H groups in total. The summed E-state index contributed by atoms with van der Waals surface area (Å²) in [6, 6.07) is 8.16. The molecule has 146 valence electrons. The predicted octanol–water partition coefficient (Wildman–Crippen LogP) is 1.80. The van der Waals surface area contributed by atoms with Gasteiger partial charge in [-0.15, -0.1) is 0 Å². The number of likely N-dealkylation sites (tertiary alicyclic amines) is 1. The number of amides is 2. The molecule has 0 radical (unpaired) electrons. The van der Waals surface area contributed by atoms with E-state index < -0.39 is 5.91 Å². The smallest absolute Gasteiger partial charge is 0.261 e. The number of benzene rings is 1. The maximum absolute atomic E-state index is 12.8. The molecule has 0 spiro atoms. The number of hydrogen-bond donors (Lipinski definition) is 2. The van der Waals surface area contributed by atoms with Crippen LogP contribution in [0.4, 0.5) is 0 Å². The Kier molecular flexibility index (Phi) is 4.57. The van der Waals surface area contributed by atoms with Crippen molar-refractivity contribution in [3.05, 3.63) is 68.1 Å². The van der Waals surface area contributed by atoms with Crippen LogP contribution < -0.4 is 10.9 Å². The second-order valence-electron chi connectivity index (χ2n) is 7.96. The summed E-state index contributed by atoms with van der Waals surface area (Å²) in [7, 11) is 0. The largest absolute Gasteiger partial charge is 0.347 e. The van der Waals surface area contributed by atoms with Crippen molar-refractivity contribution in [2.45, 2.75) is 52.1 Å². The van der Waals surface area contributed by atoms with Crippen LogP contribution in [0.2, 0.25) is 0 Å². The van der Waals surface area contributed by atoms with Crippen LogP contribution in [0, 0.1) is 20.8 Å². The molecule has 1 saturated heterocycles. The van der Waals surface area contributed by atoms with E-state index in [4.69, 9.17) is 0 Å². The van der Waals surface area contributed by atoms with Gasteiger partial charge in [-0.05, 0) is 55.9 Å². The summed E-state index contributed by atoms with van der Waals surface area (Å²) in [5.41, 5.74) is 4.70. The first-order valence-corrected chi connectivity index (χ1v) is 9.72. The van der Waals surface area contributed by atoms with Crippen LogP contribution in [0.25, 0.3) is 0 Å². The number of H-pyrrole nitrogens is 1. The third-order valence-corrected chi connectivity index (χ3v) is 6.22. The summed E-state index contributed by atoms with van der Waals surface area (Å²) >= 11 is 0. The summed E-state index contributed by atoms with van der Waals surface area (Å²) in [6.07, 6.45) is 2.00. The summed E-state index contributed by atoms with van der Waals surface area (Å²) in [6.45, 7) is 5.98. The molecule has 2 aromatic rings. The fraction of sp³-hybridized carbons (Fsp3) is 0.409. The van der Waals surface area contributed by atoms with Gasteiger partial charge in [-0.2, -0.15) is 0 Å². The van der Waals surface area contributed by atoms with E-state index in [1.165, 1.54) is 11.1 Å². The lowest BCUT2D eigenvalue weighted by Gasteiger charge is -2.24. The number of nitrogens with one attached hydrogen (secondary N) is 2. The predicted molar refractivity (Wildman–Crippen MR) is 106 cm³/mol. The standard InChI is InChI=1S/C22H25N3O3/c1-12-13(2)20(21(27)23-14(12)3)22(28)24-17-10-19(26)25(11-17)18-8-15-6-4-5-7-16(15)9-18/h4-7,17-18H,8-11H2,1-3H3,(H,23,27)(H,24,28)/t17-/m1/s1. The van der Waals surface area contributed by atoms with Gasteiger partial charge in [0.25, 0.3) is 11.5 Å². The Morgan fingerprint density at radius 2 is 1.68 bits per heavy atom. The zero-order chi connectivity index (χ0) is 20.0. The van der Waals surface area contributed by atoms with E-state index in [0.29, 0.717) is 12.1 Å². The number of pyridine rings is 1. The number of carbonyl (C=O) groups excluding carboxylic acids is 2. The molecule has 0 saturated carbocycles. The molecule has 1 atom stereocenters. The van der Waals surface area contributed by atoms with Crippen LogP contribution in [-0.4, -0.2) is 40.3 Å². The lowest BCUT2D eigenvalue weighted by Crippen LogP contribution is -2.42. The lowest BCUT2D eigenvalue weighted by molar-refractivity contribution is -0.129. The van der Waals surface area contributed by atoms with Crippen molar-refractivity contribution in [3.63, 3.8) is 0 Å². The first-order valence-electron chi connectivity index (χ1n) is 9.72. The average molecular weight is 379 g/mol. The van der Waals surface area contributed by atoms with Crippen LogP contribution in [0.3, 0.4) is 0 Å². The molecule has 0 bridgehead atoms. The number of fused-ring (bicyclic) bond motifs is 1. The summed E-state index contributed by atoms with van der Waals surface area (Å²) < 4.78 is 0. The van der Waals surface area contributed by atoms with Gasteiger partial charge >= 0.3 is 0 Å². The number of carbonyl (C=O) groups is 2. The van der Waals surface area contributed by atoms with Crippen LogP contribution in [0.5, 0.6) is 0 Å². The topological polar surface area (TPSA) is 82.3 Å². The fourth-order valence-corrected chi connectivity index (χ4v) is 4.43. The van der Waals surface area contributed by atoms with Crippen molar-refractivity contribution in [3.8, 4) is 0 Å². The van der Waals surface area contributed by atoms with Gasteiger partial charge in [0.1, 0.15) is 5.56 Å². The minimum atomic E-state index is -0.406. The van der Waals surface area contributed by atoms with Crippen LogP contribution in [0.15, 0.2) is 29.1 Å². The first-order chi connectivity index (χ1) is 13.3. The Morgan fingerprint density at radius 1 is 1.04 bits per heavy atom. The quantitative estimate of drug-likeness (QED) is 0.853. The monoisotopic (exact) mass is 379 g/mol. The number of hydrogen-bond acceptors (Lipinski definition) is 3. The van der Waals surface area contributed by atoms with Gasteiger partial charge in [0.15, 0.2) is 0 Å². The minimum absolute atomic E-state index is 0.0637. The molecule has 1 aliphatic heterocycles. The van der Waals surface area contributed by atoms with Crippen molar-refractivity contribution in [2.75, 3.05) is 6.54 Å². The van der Waals surface area contributed by atoms with Gasteiger partial charge < -0.3 is 15.2 Å². The van der Waals surface area contributed by atoms with Crippen molar-refractivity contribution in [1.82, 2.24) is 15.2 Å². The Bertz CT molecular complexity index is 999.